The summed E-state index contributed by atoms with van der Waals surface area (Å²) in [6.45, 7) is 0.328. The van der Waals surface area contributed by atoms with Crippen LogP contribution in [-0.2, 0) is 16.4 Å². The van der Waals surface area contributed by atoms with Crippen LogP contribution in [-0.4, -0.2) is 31.8 Å². The van der Waals surface area contributed by atoms with E-state index in [9.17, 15) is 23.6 Å². The van der Waals surface area contributed by atoms with Crippen molar-refractivity contribution in [3.8, 4) is 5.75 Å². The van der Waals surface area contributed by atoms with E-state index >= 15 is 0 Å². The van der Waals surface area contributed by atoms with Crippen LogP contribution < -0.4 is 4.90 Å². The molecule has 0 saturated heterocycles. The zero-order valence-corrected chi connectivity index (χ0v) is 13.4. The van der Waals surface area contributed by atoms with E-state index in [0.29, 0.717) is 6.54 Å². The molecule has 122 valence electrons. The molecular weight excluding hydrogens is 320 g/mol. The Morgan fingerprint density at radius 2 is 1.78 bits per heavy atom. The lowest BCUT2D eigenvalue weighted by Gasteiger charge is -2.20. The molecule has 23 heavy (non-hydrogen) atoms. The molecule has 0 aromatic heterocycles. The third kappa shape index (κ3) is 3.78. The fourth-order valence-electron chi connectivity index (χ4n) is 2.26. The Morgan fingerprint density at radius 3 is 2.30 bits per heavy atom. The molecule has 2 aromatic carbocycles. The minimum absolute atomic E-state index is 0.126. The molecule has 0 atom stereocenters. The van der Waals surface area contributed by atoms with Crippen molar-refractivity contribution in [2.24, 2.45) is 0 Å². The Labute approximate surface area is 133 Å². The van der Waals surface area contributed by atoms with Crippen molar-refractivity contribution < 1.29 is 18.4 Å². The van der Waals surface area contributed by atoms with Gasteiger partial charge in [0.15, 0.2) is 9.84 Å². The summed E-state index contributed by atoms with van der Waals surface area (Å²) in [4.78, 5) is 12.0. The summed E-state index contributed by atoms with van der Waals surface area (Å²) in [7, 11) is -2.07. The van der Waals surface area contributed by atoms with E-state index in [2.05, 4.69) is 0 Å². The van der Waals surface area contributed by atoms with Crippen molar-refractivity contribution in [1.29, 1.82) is 0 Å². The van der Waals surface area contributed by atoms with Crippen LogP contribution in [0, 0.1) is 10.1 Å². The van der Waals surface area contributed by atoms with E-state index in [1.807, 2.05) is 0 Å². The van der Waals surface area contributed by atoms with Crippen molar-refractivity contribution in [3.63, 3.8) is 0 Å². The summed E-state index contributed by atoms with van der Waals surface area (Å²) in [6.07, 6.45) is 0.944. The predicted molar refractivity (Wildman–Crippen MR) is 86.4 cm³/mol. The second-order valence-corrected chi connectivity index (χ2v) is 7.16. The van der Waals surface area contributed by atoms with E-state index in [-0.39, 0.29) is 16.3 Å². The number of anilines is 1. The van der Waals surface area contributed by atoms with Crippen LogP contribution in [0.25, 0.3) is 0 Å². The number of phenols is 1. The molecule has 2 rings (SSSR count). The third-order valence-corrected chi connectivity index (χ3v) is 4.46. The molecule has 0 amide bonds. The Balaban J connectivity index is 2.46. The number of aromatic hydroxyl groups is 1. The lowest BCUT2D eigenvalue weighted by atomic mass is 10.2. The van der Waals surface area contributed by atoms with Gasteiger partial charge in [0.25, 0.3) is 0 Å². The van der Waals surface area contributed by atoms with Gasteiger partial charge in [0.2, 0.25) is 0 Å². The largest absolute Gasteiger partial charge is 0.508 e. The zero-order chi connectivity index (χ0) is 17.2. The first-order chi connectivity index (χ1) is 10.7. The van der Waals surface area contributed by atoms with E-state index < -0.39 is 20.4 Å². The molecule has 0 saturated carbocycles. The van der Waals surface area contributed by atoms with Crippen LogP contribution in [0.15, 0.2) is 47.4 Å². The highest BCUT2D eigenvalue weighted by atomic mass is 32.2. The van der Waals surface area contributed by atoms with Crippen molar-refractivity contribution in [3.05, 3.63) is 58.1 Å². The van der Waals surface area contributed by atoms with E-state index in [1.54, 1.807) is 24.1 Å². The number of nitro benzene ring substituents is 1. The normalized spacial score (nSPS) is 11.2. The van der Waals surface area contributed by atoms with Crippen molar-refractivity contribution in [2.45, 2.75) is 11.4 Å². The summed E-state index contributed by atoms with van der Waals surface area (Å²) in [5.74, 6) is 0.126. The lowest BCUT2D eigenvalue weighted by molar-refractivity contribution is -0.387. The van der Waals surface area contributed by atoms with Crippen molar-refractivity contribution in [1.82, 2.24) is 0 Å². The molecule has 0 aliphatic rings. The molecule has 0 heterocycles. The highest BCUT2D eigenvalue weighted by Gasteiger charge is 2.27. The van der Waals surface area contributed by atoms with Gasteiger partial charge in [-0.15, -0.1) is 0 Å². The van der Waals surface area contributed by atoms with Crippen LogP contribution in [0.4, 0.5) is 11.4 Å². The number of hydrogen-bond acceptors (Lipinski definition) is 6. The Bertz CT molecular complexity index is 831. The molecule has 0 unspecified atom stereocenters. The first-order valence-corrected chi connectivity index (χ1v) is 8.56. The summed E-state index contributed by atoms with van der Waals surface area (Å²) >= 11 is 0. The van der Waals surface area contributed by atoms with Crippen LogP contribution >= 0.6 is 0 Å². The maximum absolute atomic E-state index is 11.8. The highest BCUT2D eigenvalue weighted by Crippen LogP contribution is 2.34. The second-order valence-electron chi connectivity index (χ2n) is 5.18. The molecule has 0 spiro atoms. The minimum atomic E-state index is -3.71. The number of phenolic OH excluding ortho intramolecular Hbond substituents is 1. The van der Waals surface area contributed by atoms with Crippen LogP contribution in [0.3, 0.4) is 0 Å². The van der Waals surface area contributed by atoms with Crippen molar-refractivity contribution >= 4 is 21.2 Å². The van der Waals surface area contributed by atoms with E-state index in [1.165, 1.54) is 30.3 Å². The summed E-state index contributed by atoms with van der Waals surface area (Å²) < 4.78 is 23.6. The van der Waals surface area contributed by atoms with Crippen LogP contribution in [0.5, 0.6) is 5.75 Å². The van der Waals surface area contributed by atoms with E-state index in [0.717, 1.165) is 11.8 Å². The van der Waals surface area contributed by atoms with Gasteiger partial charge in [-0.05, 0) is 29.8 Å². The average Bonchev–Trinajstić information content (AvgIpc) is 2.47. The molecule has 0 aliphatic heterocycles. The topological polar surface area (TPSA) is 101 Å². The zero-order valence-electron chi connectivity index (χ0n) is 12.6. The number of para-hydroxylation sites is 1. The molecule has 2 aromatic rings. The van der Waals surface area contributed by atoms with Gasteiger partial charge >= 0.3 is 5.69 Å². The predicted octanol–water partition coefficient (Wildman–Crippen LogP) is 2.34. The summed E-state index contributed by atoms with van der Waals surface area (Å²) in [6, 6.07) is 10.6. The average molecular weight is 336 g/mol. The van der Waals surface area contributed by atoms with E-state index in [4.69, 9.17) is 0 Å². The Morgan fingerprint density at radius 1 is 1.17 bits per heavy atom. The first-order valence-electron chi connectivity index (χ1n) is 6.66. The molecule has 0 radical (unpaired) electrons. The molecule has 0 aliphatic carbocycles. The van der Waals surface area contributed by atoms with Gasteiger partial charge < -0.3 is 10.0 Å². The van der Waals surface area contributed by atoms with Crippen molar-refractivity contribution in [2.75, 3.05) is 18.2 Å². The number of sulfone groups is 1. The highest BCUT2D eigenvalue weighted by molar-refractivity contribution is 7.90. The number of benzene rings is 2. The molecule has 0 fully saturated rings. The summed E-state index contributed by atoms with van der Waals surface area (Å²) in [5.41, 5.74) is 0.603. The maximum atomic E-state index is 11.8. The second kappa shape index (κ2) is 6.25. The molecule has 1 N–H and O–H groups in total. The van der Waals surface area contributed by atoms with Gasteiger partial charge in [0.1, 0.15) is 16.3 Å². The van der Waals surface area contributed by atoms with Crippen LogP contribution in [0.1, 0.15) is 5.56 Å². The molecule has 7 nitrogen and oxygen atoms in total. The summed E-state index contributed by atoms with van der Waals surface area (Å²) in [5, 5.41) is 20.7. The van der Waals surface area contributed by atoms with Gasteiger partial charge in [0, 0.05) is 19.8 Å². The first kappa shape index (κ1) is 16.8. The number of hydrogen-bond donors (Lipinski definition) is 1. The van der Waals surface area contributed by atoms with Gasteiger partial charge in [-0.25, -0.2) is 8.42 Å². The monoisotopic (exact) mass is 336 g/mol. The standard InChI is InChI=1S/C15H16N2O5S/c1-16(10-11-6-8-12(18)9-7-11)13-4-3-5-14(23(2,21)22)15(13)17(19)20/h3-9,18H,10H2,1-2H3. The minimum Gasteiger partial charge on any atom is -0.508 e. The lowest BCUT2D eigenvalue weighted by Crippen LogP contribution is -2.18. The SMILES string of the molecule is CN(Cc1ccc(O)cc1)c1cccc(S(C)(=O)=O)c1[N+](=O)[O-]. The quantitative estimate of drug-likeness (QED) is 0.664. The third-order valence-electron chi connectivity index (χ3n) is 3.33. The molecule has 0 bridgehead atoms. The van der Waals surface area contributed by atoms with Gasteiger partial charge in [-0.3, -0.25) is 10.1 Å². The Kier molecular flexibility index (Phi) is 4.55. The fourth-order valence-corrected chi connectivity index (χ4v) is 3.12. The van der Waals surface area contributed by atoms with Gasteiger partial charge in [-0.1, -0.05) is 18.2 Å². The molecule has 8 heteroatoms. The molecular formula is C15H16N2O5S. The Hall–Kier alpha value is -2.61. The number of nitro groups is 1. The number of rotatable bonds is 5. The maximum Gasteiger partial charge on any atom is 0.311 e. The van der Waals surface area contributed by atoms with Gasteiger partial charge in [0.05, 0.1) is 4.92 Å². The number of nitrogens with zero attached hydrogens (tertiary/aromatic N) is 2. The van der Waals surface area contributed by atoms with Gasteiger partial charge in [-0.2, -0.15) is 0 Å². The fraction of sp³-hybridized carbons (Fsp3) is 0.200. The smallest absolute Gasteiger partial charge is 0.311 e. The van der Waals surface area contributed by atoms with Crippen LogP contribution in [0.2, 0.25) is 0 Å².